The summed E-state index contributed by atoms with van der Waals surface area (Å²) in [6, 6.07) is 6.95. The minimum absolute atomic E-state index is 0.0164. The topological polar surface area (TPSA) is 43.1 Å². The van der Waals surface area contributed by atoms with Crippen LogP contribution in [-0.2, 0) is 4.79 Å². The molecule has 0 aliphatic heterocycles. The van der Waals surface area contributed by atoms with E-state index in [2.05, 4.69) is 15.9 Å². The molecule has 1 unspecified atom stereocenters. The summed E-state index contributed by atoms with van der Waals surface area (Å²) in [5.74, 6) is -0.0164. The monoisotopic (exact) mass is 227 g/mol. The van der Waals surface area contributed by atoms with Crippen LogP contribution in [-0.4, -0.2) is 5.78 Å². The number of nitrogens with two attached hydrogens (primary N) is 1. The van der Waals surface area contributed by atoms with Gasteiger partial charge in [0.25, 0.3) is 0 Å². The van der Waals surface area contributed by atoms with Crippen molar-refractivity contribution in [3.63, 3.8) is 0 Å². The Morgan fingerprint density at radius 2 is 1.92 bits per heavy atom. The van der Waals surface area contributed by atoms with Crippen LogP contribution in [0.3, 0.4) is 0 Å². The summed E-state index contributed by atoms with van der Waals surface area (Å²) in [6.45, 7) is 1.49. The van der Waals surface area contributed by atoms with Gasteiger partial charge in [0.15, 0.2) is 5.78 Å². The van der Waals surface area contributed by atoms with E-state index in [1.807, 2.05) is 24.3 Å². The largest absolute Gasteiger partial charge is 0.318 e. The Balaban J connectivity index is 2.89. The van der Waals surface area contributed by atoms with Gasteiger partial charge in [0, 0.05) is 4.47 Å². The highest BCUT2D eigenvalue weighted by atomic mass is 79.9. The molecule has 12 heavy (non-hydrogen) atoms. The van der Waals surface area contributed by atoms with Gasteiger partial charge < -0.3 is 5.73 Å². The van der Waals surface area contributed by atoms with Gasteiger partial charge in [-0.25, -0.2) is 0 Å². The zero-order chi connectivity index (χ0) is 9.14. The number of ketones is 1. The van der Waals surface area contributed by atoms with E-state index in [1.165, 1.54) is 6.92 Å². The second kappa shape index (κ2) is 3.83. The smallest absolute Gasteiger partial charge is 0.150 e. The molecule has 2 N–H and O–H groups in total. The highest BCUT2D eigenvalue weighted by molar-refractivity contribution is 9.10. The molecule has 0 aliphatic rings. The van der Waals surface area contributed by atoms with Crippen LogP contribution in [0.1, 0.15) is 18.5 Å². The van der Waals surface area contributed by atoms with E-state index in [1.54, 1.807) is 0 Å². The van der Waals surface area contributed by atoms with Crippen LogP contribution in [0.25, 0.3) is 0 Å². The van der Waals surface area contributed by atoms with Gasteiger partial charge in [-0.2, -0.15) is 0 Å². The zero-order valence-corrected chi connectivity index (χ0v) is 8.34. The van der Waals surface area contributed by atoms with E-state index in [-0.39, 0.29) is 5.78 Å². The standard InChI is InChI=1S/C9H10BrNO/c1-6(12)9(11)7-2-4-8(10)5-3-7/h2-5,9H,11H2,1H3. The van der Waals surface area contributed by atoms with Crippen molar-refractivity contribution in [2.45, 2.75) is 13.0 Å². The van der Waals surface area contributed by atoms with Gasteiger partial charge in [0.1, 0.15) is 0 Å². The average Bonchev–Trinajstić information content (AvgIpc) is 2.04. The van der Waals surface area contributed by atoms with Crippen molar-refractivity contribution in [1.29, 1.82) is 0 Å². The SMILES string of the molecule is CC(=O)C(N)c1ccc(Br)cc1. The van der Waals surface area contributed by atoms with Gasteiger partial charge >= 0.3 is 0 Å². The van der Waals surface area contributed by atoms with E-state index >= 15 is 0 Å². The summed E-state index contributed by atoms with van der Waals surface area (Å²) in [6.07, 6.45) is 0. The Kier molecular flexibility index (Phi) is 3.00. The predicted octanol–water partition coefficient (Wildman–Crippen LogP) is 2.04. The molecule has 1 aromatic carbocycles. The molecule has 0 spiro atoms. The normalized spacial score (nSPS) is 12.6. The van der Waals surface area contributed by atoms with E-state index in [0.29, 0.717) is 0 Å². The van der Waals surface area contributed by atoms with E-state index in [0.717, 1.165) is 10.0 Å². The number of hydrogen-bond donors (Lipinski definition) is 1. The minimum Gasteiger partial charge on any atom is -0.318 e. The Bertz CT molecular complexity index is 281. The molecule has 1 atom stereocenters. The molecule has 1 rings (SSSR count). The van der Waals surface area contributed by atoms with Gasteiger partial charge in [-0.1, -0.05) is 28.1 Å². The number of halogens is 1. The van der Waals surface area contributed by atoms with Crippen LogP contribution in [0, 0.1) is 0 Å². The fourth-order valence-electron chi connectivity index (χ4n) is 0.905. The van der Waals surface area contributed by atoms with E-state index < -0.39 is 6.04 Å². The minimum atomic E-state index is -0.488. The first-order valence-electron chi connectivity index (χ1n) is 3.63. The first-order chi connectivity index (χ1) is 5.61. The molecule has 64 valence electrons. The molecule has 0 saturated carbocycles. The van der Waals surface area contributed by atoms with E-state index in [9.17, 15) is 4.79 Å². The molecule has 0 heterocycles. The van der Waals surface area contributed by atoms with Crippen molar-refractivity contribution in [2.24, 2.45) is 5.73 Å². The molecule has 0 amide bonds. The molecule has 0 aliphatic carbocycles. The van der Waals surface area contributed by atoms with Crippen LogP contribution in [0.15, 0.2) is 28.7 Å². The summed E-state index contributed by atoms with van der Waals surface area (Å²) in [4.78, 5) is 10.9. The number of Topliss-reactive ketones (excluding diaryl/α,β-unsaturated/α-hetero) is 1. The average molecular weight is 228 g/mol. The summed E-state index contributed by atoms with van der Waals surface area (Å²) in [5.41, 5.74) is 6.48. The first-order valence-corrected chi connectivity index (χ1v) is 4.42. The molecule has 2 nitrogen and oxygen atoms in total. The van der Waals surface area contributed by atoms with Gasteiger partial charge in [-0.3, -0.25) is 4.79 Å². The first kappa shape index (κ1) is 9.42. The maximum Gasteiger partial charge on any atom is 0.150 e. The molecule has 0 saturated heterocycles. The highest BCUT2D eigenvalue weighted by Gasteiger charge is 2.09. The molecule has 0 bridgehead atoms. The summed E-state index contributed by atoms with van der Waals surface area (Å²) in [7, 11) is 0. The second-order valence-corrected chi connectivity index (χ2v) is 3.56. The Labute approximate surface area is 79.9 Å². The van der Waals surface area contributed by atoms with Gasteiger partial charge in [0.2, 0.25) is 0 Å². The van der Waals surface area contributed by atoms with Crippen molar-refractivity contribution in [3.05, 3.63) is 34.3 Å². The van der Waals surface area contributed by atoms with E-state index in [4.69, 9.17) is 5.73 Å². The molecular weight excluding hydrogens is 218 g/mol. The third-order valence-electron chi connectivity index (χ3n) is 1.67. The van der Waals surface area contributed by atoms with Crippen molar-refractivity contribution in [2.75, 3.05) is 0 Å². The third-order valence-corrected chi connectivity index (χ3v) is 2.20. The molecule has 0 radical (unpaired) electrons. The predicted molar refractivity (Wildman–Crippen MR) is 51.8 cm³/mol. The molecule has 3 heteroatoms. The zero-order valence-electron chi connectivity index (χ0n) is 6.75. The number of hydrogen-bond acceptors (Lipinski definition) is 2. The lowest BCUT2D eigenvalue weighted by Gasteiger charge is -2.07. The second-order valence-electron chi connectivity index (χ2n) is 2.64. The third kappa shape index (κ3) is 2.16. The maximum atomic E-state index is 10.9. The Morgan fingerprint density at radius 1 is 1.42 bits per heavy atom. The fraction of sp³-hybridized carbons (Fsp3) is 0.222. The summed E-state index contributed by atoms with van der Waals surface area (Å²) < 4.78 is 0.988. The van der Waals surface area contributed by atoms with Crippen molar-refractivity contribution in [3.8, 4) is 0 Å². The molecule has 1 aromatic rings. The van der Waals surface area contributed by atoms with Gasteiger partial charge in [0.05, 0.1) is 6.04 Å². The van der Waals surface area contributed by atoms with Crippen molar-refractivity contribution < 1.29 is 4.79 Å². The van der Waals surface area contributed by atoms with Gasteiger partial charge in [-0.15, -0.1) is 0 Å². The van der Waals surface area contributed by atoms with Crippen molar-refractivity contribution >= 4 is 21.7 Å². The van der Waals surface area contributed by atoms with Crippen LogP contribution in [0.4, 0.5) is 0 Å². The van der Waals surface area contributed by atoms with Crippen LogP contribution in [0.5, 0.6) is 0 Å². The highest BCUT2D eigenvalue weighted by Crippen LogP contribution is 2.15. The quantitative estimate of drug-likeness (QED) is 0.841. The lowest BCUT2D eigenvalue weighted by Crippen LogP contribution is -2.18. The number of carbonyl (C=O) groups is 1. The molecular formula is C9H10BrNO. The number of carbonyl (C=O) groups excluding carboxylic acids is 1. The Morgan fingerprint density at radius 3 is 2.33 bits per heavy atom. The van der Waals surface area contributed by atoms with Crippen molar-refractivity contribution in [1.82, 2.24) is 0 Å². The van der Waals surface area contributed by atoms with Crippen LogP contribution < -0.4 is 5.73 Å². The lowest BCUT2D eigenvalue weighted by molar-refractivity contribution is -0.118. The summed E-state index contributed by atoms with van der Waals surface area (Å²) in [5, 5.41) is 0. The fourth-order valence-corrected chi connectivity index (χ4v) is 1.17. The molecule has 0 fully saturated rings. The molecule has 0 aromatic heterocycles. The van der Waals surface area contributed by atoms with Crippen LogP contribution >= 0.6 is 15.9 Å². The Hall–Kier alpha value is -0.670. The van der Waals surface area contributed by atoms with Crippen LogP contribution in [0.2, 0.25) is 0 Å². The summed E-state index contributed by atoms with van der Waals surface area (Å²) >= 11 is 3.31. The number of benzene rings is 1. The number of rotatable bonds is 2. The maximum absolute atomic E-state index is 10.9. The lowest BCUT2D eigenvalue weighted by atomic mass is 10.1. The van der Waals surface area contributed by atoms with Gasteiger partial charge in [-0.05, 0) is 24.6 Å².